The molecule has 0 spiro atoms. The number of alkyl halides is 2. The molecule has 0 aliphatic rings. The van der Waals surface area contributed by atoms with Crippen LogP contribution < -0.4 is 4.74 Å². The summed E-state index contributed by atoms with van der Waals surface area (Å²) in [5.74, 6) is -0.0686. The normalized spacial score (nSPS) is 10.4. The molecule has 0 amide bonds. The molecule has 0 aromatic carbocycles. The van der Waals surface area contributed by atoms with Crippen molar-refractivity contribution in [3.05, 3.63) is 22.9 Å². The van der Waals surface area contributed by atoms with Gasteiger partial charge in [0.2, 0.25) is 5.88 Å². The van der Waals surface area contributed by atoms with Crippen molar-refractivity contribution in [3.8, 4) is 5.88 Å². The number of hydrogen-bond acceptors (Lipinski definition) is 3. The topological polar surface area (TPSA) is 39.2 Å². The van der Waals surface area contributed by atoms with Crippen LogP contribution in [0.4, 0.5) is 8.78 Å². The first-order valence-corrected chi connectivity index (χ1v) is 3.88. The largest absolute Gasteiger partial charge is 0.480 e. The third-order valence-electron chi connectivity index (χ3n) is 1.85. The summed E-state index contributed by atoms with van der Waals surface area (Å²) >= 11 is 0. The maximum atomic E-state index is 12.5. The first kappa shape index (κ1) is 10.6. The Balaban J connectivity index is 3.42. The van der Waals surface area contributed by atoms with Crippen LogP contribution in [-0.2, 0) is 0 Å². The fourth-order valence-electron chi connectivity index (χ4n) is 1.19. The fourth-order valence-corrected chi connectivity index (χ4v) is 1.19. The van der Waals surface area contributed by atoms with Crippen molar-refractivity contribution in [3.63, 3.8) is 0 Å². The number of hydrogen-bond donors (Lipinski definition) is 0. The van der Waals surface area contributed by atoms with E-state index in [9.17, 15) is 13.6 Å². The third kappa shape index (κ3) is 1.71. The molecule has 0 saturated carbocycles. The molecular formula is C9H9F2NO2. The van der Waals surface area contributed by atoms with Crippen molar-refractivity contribution in [1.82, 2.24) is 4.98 Å². The van der Waals surface area contributed by atoms with E-state index in [0.29, 0.717) is 6.29 Å². The second-order valence-electron chi connectivity index (χ2n) is 2.70. The molecule has 3 nitrogen and oxygen atoms in total. The van der Waals surface area contributed by atoms with Gasteiger partial charge in [0.25, 0.3) is 6.43 Å². The molecule has 1 heterocycles. The summed E-state index contributed by atoms with van der Waals surface area (Å²) in [6.07, 6.45) is -1.11. The van der Waals surface area contributed by atoms with Crippen LogP contribution in [0.3, 0.4) is 0 Å². The molecule has 0 bridgehead atoms. The number of aryl methyl sites for hydroxylation is 1. The quantitative estimate of drug-likeness (QED) is 0.703. The Morgan fingerprint density at radius 2 is 2.21 bits per heavy atom. The minimum Gasteiger partial charge on any atom is -0.480 e. The maximum Gasteiger partial charge on any atom is 0.265 e. The Kier molecular flexibility index (Phi) is 3.11. The Morgan fingerprint density at radius 3 is 2.64 bits per heavy atom. The molecule has 0 fully saturated rings. The number of carbonyl (C=O) groups excluding carboxylic acids is 1. The smallest absolute Gasteiger partial charge is 0.265 e. The zero-order chi connectivity index (χ0) is 10.7. The molecule has 0 aliphatic heterocycles. The molecule has 0 saturated heterocycles. The number of halogens is 2. The van der Waals surface area contributed by atoms with Gasteiger partial charge in [-0.25, -0.2) is 13.8 Å². The highest BCUT2D eigenvalue weighted by Crippen LogP contribution is 2.29. The molecule has 0 radical (unpaired) electrons. The summed E-state index contributed by atoms with van der Waals surface area (Å²) < 4.78 is 29.8. The van der Waals surface area contributed by atoms with Crippen molar-refractivity contribution in [2.24, 2.45) is 0 Å². The predicted octanol–water partition coefficient (Wildman–Crippen LogP) is 2.15. The molecule has 76 valence electrons. The van der Waals surface area contributed by atoms with Crippen molar-refractivity contribution in [2.75, 3.05) is 7.11 Å². The molecule has 0 aliphatic carbocycles. The van der Waals surface area contributed by atoms with Gasteiger partial charge < -0.3 is 4.74 Å². The van der Waals surface area contributed by atoms with E-state index in [0.717, 1.165) is 0 Å². The van der Waals surface area contributed by atoms with Gasteiger partial charge >= 0.3 is 0 Å². The van der Waals surface area contributed by atoms with E-state index in [1.54, 1.807) is 0 Å². The van der Waals surface area contributed by atoms with Crippen LogP contribution in [0, 0.1) is 6.92 Å². The summed E-state index contributed by atoms with van der Waals surface area (Å²) in [5, 5.41) is 0. The lowest BCUT2D eigenvalue weighted by Gasteiger charge is -2.10. The minimum atomic E-state index is -2.70. The van der Waals surface area contributed by atoms with E-state index in [-0.39, 0.29) is 22.6 Å². The molecule has 0 unspecified atom stereocenters. The van der Waals surface area contributed by atoms with Gasteiger partial charge in [-0.2, -0.15) is 0 Å². The molecule has 0 N–H and O–H groups in total. The van der Waals surface area contributed by atoms with E-state index >= 15 is 0 Å². The summed E-state index contributed by atoms with van der Waals surface area (Å²) in [5.41, 5.74) is -0.211. The van der Waals surface area contributed by atoms with Crippen molar-refractivity contribution < 1.29 is 18.3 Å². The second-order valence-corrected chi connectivity index (χ2v) is 2.70. The lowest BCUT2D eigenvalue weighted by molar-refractivity contribution is 0.110. The molecule has 14 heavy (non-hydrogen) atoms. The number of rotatable bonds is 3. The zero-order valence-corrected chi connectivity index (χ0v) is 7.75. The van der Waals surface area contributed by atoms with E-state index < -0.39 is 6.43 Å². The molecule has 1 aromatic heterocycles. The summed E-state index contributed by atoms with van der Waals surface area (Å²) in [6.45, 7) is 1.47. The summed E-state index contributed by atoms with van der Waals surface area (Å²) in [6, 6.07) is 0. The number of carbonyl (C=O) groups is 1. The summed E-state index contributed by atoms with van der Waals surface area (Å²) in [4.78, 5) is 14.3. The lowest BCUT2D eigenvalue weighted by atomic mass is 10.1. The SMILES string of the molecule is COc1ncc(C)c(C(F)F)c1C=O. The molecule has 1 aromatic rings. The number of ether oxygens (including phenoxy) is 1. The van der Waals surface area contributed by atoms with E-state index in [1.807, 2.05) is 0 Å². The molecule has 5 heteroatoms. The lowest BCUT2D eigenvalue weighted by Crippen LogP contribution is -2.02. The van der Waals surface area contributed by atoms with Crippen LogP contribution in [0.1, 0.15) is 27.9 Å². The highest BCUT2D eigenvalue weighted by atomic mass is 19.3. The van der Waals surface area contributed by atoms with E-state index in [1.165, 1.54) is 20.2 Å². The highest BCUT2D eigenvalue weighted by molar-refractivity contribution is 5.81. The van der Waals surface area contributed by atoms with Gasteiger partial charge in [-0.05, 0) is 12.5 Å². The fraction of sp³-hybridized carbons (Fsp3) is 0.333. The third-order valence-corrected chi connectivity index (χ3v) is 1.85. The molecule has 1 rings (SSSR count). The monoisotopic (exact) mass is 201 g/mol. The van der Waals surface area contributed by atoms with Gasteiger partial charge in [-0.1, -0.05) is 0 Å². The number of aromatic nitrogens is 1. The van der Waals surface area contributed by atoms with Crippen LogP contribution >= 0.6 is 0 Å². The number of methoxy groups -OCH3 is 1. The van der Waals surface area contributed by atoms with Gasteiger partial charge in [-0.15, -0.1) is 0 Å². The van der Waals surface area contributed by atoms with E-state index in [2.05, 4.69) is 4.98 Å². The van der Waals surface area contributed by atoms with Gasteiger partial charge in [0.05, 0.1) is 12.7 Å². The molecular weight excluding hydrogens is 192 g/mol. The molecule has 0 atom stereocenters. The first-order chi connectivity index (χ1) is 6.61. The Hall–Kier alpha value is -1.52. The number of pyridine rings is 1. The van der Waals surface area contributed by atoms with Crippen LogP contribution in [0.15, 0.2) is 6.20 Å². The van der Waals surface area contributed by atoms with Crippen molar-refractivity contribution in [2.45, 2.75) is 13.3 Å². The highest BCUT2D eigenvalue weighted by Gasteiger charge is 2.20. The Labute approximate surface area is 79.7 Å². The second kappa shape index (κ2) is 4.13. The Bertz CT molecular complexity index is 353. The van der Waals surface area contributed by atoms with Crippen LogP contribution in [0.2, 0.25) is 0 Å². The zero-order valence-electron chi connectivity index (χ0n) is 7.75. The minimum absolute atomic E-state index is 0.0686. The average Bonchev–Trinajstić information content (AvgIpc) is 2.16. The van der Waals surface area contributed by atoms with Gasteiger partial charge in [-0.3, -0.25) is 4.79 Å². The standard InChI is InChI=1S/C9H9F2NO2/c1-5-3-12-9(14-2)6(4-13)7(5)8(10)11/h3-4,8H,1-2H3. The summed E-state index contributed by atoms with van der Waals surface area (Å²) in [7, 11) is 1.28. The van der Waals surface area contributed by atoms with Crippen molar-refractivity contribution >= 4 is 6.29 Å². The number of nitrogens with zero attached hydrogens (tertiary/aromatic N) is 1. The van der Waals surface area contributed by atoms with Gasteiger partial charge in [0.1, 0.15) is 0 Å². The first-order valence-electron chi connectivity index (χ1n) is 3.88. The average molecular weight is 201 g/mol. The van der Waals surface area contributed by atoms with Gasteiger partial charge in [0.15, 0.2) is 6.29 Å². The van der Waals surface area contributed by atoms with Crippen LogP contribution in [0.5, 0.6) is 5.88 Å². The van der Waals surface area contributed by atoms with Crippen LogP contribution in [0.25, 0.3) is 0 Å². The van der Waals surface area contributed by atoms with Crippen molar-refractivity contribution in [1.29, 1.82) is 0 Å². The Morgan fingerprint density at radius 1 is 1.57 bits per heavy atom. The van der Waals surface area contributed by atoms with E-state index in [4.69, 9.17) is 4.74 Å². The maximum absolute atomic E-state index is 12.5. The number of aldehydes is 1. The van der Waals surface area contributed by atoms with Gasteiger partial charge in [0, 0.05) is 11.8 Å². The van der Waals surface area contributed by atoms with Crippen LogP contribution in [-0.4, -0.2) is 18.4 Å². The predicted molar refractivity (Wildman–Crippen MR) is 45.9 cm³/mol.